The Labute approximate surface area is 76.0 Å². The minimum Gasteiger partial charge on any atom is -0.273 e. The lowest BCUT2D eigenvalue weighted by molar-refractivity contribution is -0.947. The van der Waals surface area contributed by atoms with E-state index < -0.39 is 32.8 Å². The van der Waals surface area contributed by atoms with Crippen LogP contribution in [-0.2, 0) is 4.79 Å². The SMILES string of the molecule is CCC(=O)C([N+](=O)[O-])([N+](=O)[O-])[N+](=O)[O-]. The molecule has 0 aromatic carbocycles. The van der Waals surface area contributed by atoms with E-state index in [0.717, 1.165) is 6.92 Å². The number of nitro groups is 3. The molecule has 0 N–H and O–H groups in total. The summed E-state index contributed by atoms with van der Waals surface area (Å²) < 4.78 is 0. The summed E-state index contributed by atoms with van der Waals surface area (Å²) in [7, 11) is 0. The summed E-state index contributed by atoms with van der Waals surface area (Å²) in [5.41, 5.74) is 0. The maximum absolute atomic E-state index is 10.8. The van der Waals surface area contributed by atoms with Gasteiger partial charge in [0.1, 0.15) is 0 Å². The number of Topliss-reactive ketones (excluding diaryl/α,β-unsaturated/α-hetero) is 1. The van der Waals surface area contributed by atoms with Crippen LogP contribution in [0.1, 0.15) is 13.3 Å². The number of carbonyl (C=O) groups excluding carboxylic acids is 1. The lowest BCUT2D eigenvalue weighted by atomic mass is 10.2. The van der Waals surface area contributed by atoms with E-state index in [2.05, 4.69) is 0 Å². The molecular weight excluding hydrogens is 202 g/mol. The number of hydrogen-bond acceptors (Lipinski definition) is 7. The zero-order valence-corrected chi connectivity index (χ0v) is 6.91. The van der Waals surface area contributed by atoms with Crippen molar-refractivity contribution in [1.29, 1.82) is 0 Å². The molecule has 0 radical (unpaired) electrons. The third-order valence-electron chi connectivity index (χ3n) is 1.46. The van der Waals surface area contributed by atoms with E-state index in [4.69, 9.17) is 0 Å². The first-order chi connectivity index (χ1) is 6.31. The quantitative estimate of drug-likeness (QED) is 0.333. The second-order valence-corrected chi connectivity index (χ2v) is 2.18. The second kappa shape index (κ2) is 3.72. The highest BCUT2D eigenvalue weighted by Gasteiger charge is 2.76. The van der Waals surface area contributed by atoms with Crippen molar-refractivity contribution >= 4 is 5.78 Å². The van der Waals surface area contributed by atoms with Gasteiger partial charge in [0.05, 0.1) is 0 Å². The Morgan fingerprint density at radius 2 is 1.36 bits per heavy atom. The van der Waals surface area contributed by atoms with Crippen molar-refractivity contribution < 1.29 is 19.6 Å². The first kappa shape index (κ1) is 11.9. The number of carbonyl (C=O) groups is 1. The van der Waals surface area contributed by atoms with E-state index >= 15 is 0 Å². The van der Waals surface area contributed by atoms with E-state index in [9.17, 15) is 35.1 Å². The molecule has 0 aliphatic heterocycles. The van der Waals surface area contributed by atoms with Crippen LogP contribution in [0.3, 0.4) is 0 Å². The lowest BCUT2D eigenvalue weighted by Crippen LogP contribution is -2.59. The van der Waals surface area contributed by atoms with Crippen LogP contribution < -0.4 is 0 Å². The highest BCUT2D eigenvalue weighted by Crippen LogP contribution is 2.15. The summed E-state index contributed by atoms with van der Waals surface area (Å²) in [5.74, 6) is -5.63. The molecular formula is C4H5N3O7. The fourth-order valence-electron chi connectivity index (χ4n) is 0.743. The summed E-state index contributed by atoms with van der Waals surface area (Å²) in [6.45, 7) is 1.06. The van der Waals surface area contributed by atoms with Gasteiger partial charge in [0.15, 0.2) is 14.8 Å². The average Bonchev–Trinajstić information content (AvgIpc) is 2.02. The smallest absolute Gasteiger partial charge is 0.273 e. The predicted octanol–water partition coefficient (Wildman–Crippen LogP) is -0.551. The normalized spacial score (nSPS) is 10.6. The van der Waals surface area contributed by atoms with Crippen molar-refractivity contribution in [3.8, 4) is 0 Å². The van der Waals surface area contributed by atoms with Gasteiger partial charge in [0.2, 0.25) is 0 Å². The molecule has 0 aliphatic carbocycles. The Morgan fingerprint density at radius 3 is 1.43 bits per heavy atom. The van der Waals surface area contributed by atoms with Gasteiger partial charge in [-0.15, -0.1) is 0 Å². The summed E-state index contributed by atoms with van der Waals surface area (Å²) >= 11 is 0. The van der Waals surface area contributed by atoms with Crippen molar-refractivity contribution in [3.05, 3.63) is 30.3 Å². The molecule has 0 bridgehead atoms. The third kappa shape index (κ3) is 1.36. The standard InChI is InChI=1S/C4H5N3O7/c1-2-3(8)4(5(9)10,6(11)12)7(13)14/h2H2,1H3. The minimum atomic E-state index is -3.96. The number of hydrogen-bond donors (Lipinski definition) is 0. The van der Waals surface area contributed by atoms with Gasteiger partial charge in [-0.2, -0.15) is 0 Å². The highest BCUT2D eigenvalue weighted by molar-refractivity contribution is 5.83. The molecule has 0 heterocycles. The molecule has 0 atom stereocenters. The Morgan fingerprint density at radius 1 is 1.07 bits per heavy atom. The van der Waals surface area contributed by atoms with Gasteiger partial charge in [0, 0.05) is 6.42 Å². The molecule has 10 heteroatoms. The summed E-state index contributed by atoms with van der Waals surface area (Å²) in [5, 5.41) is 30.6. The van der Waals surface area contributed by atoms with Gasteiger partial charge < -0.3 is 0 Å². The molecule has 0 unspecified atom stereocenters. The van der Waals surface area contributed by atoms with Gasteiger partial charge in [-0.1, -0.05) is 6.92 Å². The van der Waals surface area contributed by atoms with Gasteiger partial charge >= 0.3 is 11.6 Å². The fraction of sp³-hybridized carbons (Fsp3) is 0.750. The fourth-order valence-corrected chi connectivity index (χ4v) is 0.743. The monoisotopic (exact) mass is 207 g/mol. The van der Waals surface area contributed by atoms with Gasteiger partial charge in [-0.3, -0.25) is 35.1 Å². The van der Waals surface area contributed by atoms with Crippen LogP contribution in [0.5, 0.6) is 0 Å². The molecule has 0 aliphatic rings. The van der Waals surface area contributed by atoms with Gasteiger partial charge in [-0.25, -0.2) is 0 Å². The van der Waals surface area contributed by atoms with Crippen LogP contribution in [0.4, 0.5) is 0 Å². The zero-order chi connectivity index (χ0) is 11.5. The van der Waals surface area contributed by atoms with Gasteiger partial charge in [0.25, 0.3) is 0 Å². The van der Waals surface area contributed by atoms with E-state index in [1.54, 1.807) is 0 Å². The molecule has 0 saturated heterocycles. The Kier molecular flexibility index (Phi) is 3.15. The third-order valence-corrected chi connectivity index (χ3v) is 1.46. The molecule has 14 heavy (non-hydrogen) atoms. The largest absolute Gasteiger partial charge is 0.761 e. The van der Waals surface area contributed by atoms with Crippen molar-refractivity contribution in [2.75, 3.05) is 0 Å². The van der Waals surface area contributed by atoms with Crippen LogP contribution in [0.15, 0.2) is 0 Å². The summed E-state index contributed by atoms with van der Waals surface area (Å²) in [4.78, 5) is 36.0. The summed E-state index contributed by atoms with van der Waals surface area (Å²) in [6, 6.07) is 0. The molecule has 0 amide bonds. The Bertz CT molecular complexity index is 274. The van der Waals surface area contributed by atoms with E-state index in [-0.39, 0.29) is 0 Å². The predicted molar refractivity (Wildman–Crippen MR) is 39.0 cm³/mol. The molecule has 78 valence electrons. The van der Waals surface area contributed by atoms with Crippen LogP contribution in [0.25, 0.3) is 0 Å². The Hall–Kier alpha value is -2.13. The van der Waals surface area contributed by atoms with E-state index in [1.165, 1.54) is 0 Å². The lowest BCUT2D eigenvalue weighted by Gasteiger charge is -2.05. The highest BCUT2D eigenvalue weighted by atomic mass is 16.7. The van der Waals surface area contributed by atoms with Crippen molar-refractivity contribution in [3.63, 3.8) is 0 Å². The Balaban J connectivity index is 5.63. The maximum Gasteiger partial charge on any atom is 0.761 e. The van der Waals surface area contributed by atoms with Crippen LogP contribution >= 0.6 is 0 Å². The molecule has 0 aromatic rings. The number of nitrogens with zero attached hydrogens (tertiary/aromatic N) is 3. The minimum absolute atomic E-state index is 0.664. The van der Waals surface area contributed by atoms with Crippen molar-refractivity contribution in [2.45, 2.75) is 19.1 Å². The average molecular weight is 207 g/mol. The number of ketones is 1. The first-order valence-electron chi connectivity index (χ1n) is 3.28. The molecule has 0 rings (SSSR count). The molecule has 0 spiro atoms. The molecule has 10 nitrogen and oxygen atoms in total. The zero-order valence-electron chi connectivity index (χ0n) is 6.91. The topological polar surface area (TPSA) is 146 Å². The van der Waals surface area contributed by atoms with Crippen LogP contribution in [0.2, 0.25) is 0 Å². The van der Waals surface area contributed by atoms with Crippen molar-refractivity contribution in [2.24, 2.45) is 0 Å². The van der Waals surface area contributed by atoms with Crippen LogP contribution in [-0.4, -0.2) is 26.3 Å². The summed E-state index contributed by atoms with van der Waals surface area (Å²) in [6.07, 6.45) is -0.664. The first-order valence-corrected chi connectivity index (χ1v) is 3.28. The van der Waals surface area contributed by atoms with Crippen LogP contribution in [0, 0.1) is 30.3 Å². The molecule has 0 fully saturated rings. The van der Waals surface area contributed by atoms with E-state index in [0.29, 0.717) is 0 Å². The molecule has 0 saturated carbocycles. The van der Waals surface area contributed by atoms with Crippen molar-refractivity contribution in [1.82, 2.24) is 0 Å². The molecule has 0 aromatic heterocycles. The van der Waals surface area contributed by atoms with E-state index in [1.807, 2.05) is 0 Å². The van der Waals surface area contributed by atoms with Gasteiger partial charge in [-0.05, 0) is 0 Å². The second-order valence-electron chi connectivity index (χ2n) is 2.18. The number of rotatable bonds is 5. The maximum atomic E-state index is 10.8.